The Bertz CT molecular complexity index is 1250. The molecule has 1 aliphatic carbocycles. The Balaban J connectivity index is 1.78. The van der Waals surface area contributed by atoms with Gasteiger partial charge in [-0.3, -0.25) is 9.78 Å². The molecule has 5 rings (SSSR count). The first-order valence-electron chi connectivity index (χ1n) is 9.86. The summed E-state index contributed by atoms with van der Waals surface area (Å²) in [6.45, 7) is 3.48. The van der Waals surface area contributed by atoms with E-state index in [0.717, 1.165) is 21.7 Å². The first-order chi connectivity index (χ1) is 14.0. The van der Waals surface area contributed by atoms with Crippen LogP contribution in [0.15, 0.2) is 65.8 Å². The summed E-state index contributed by atoms with van der Waals surface area (Å²) in [5, 5.41) is 13.0. The first-order valence-corrected chi connectivity index (χ1v) is 10.7. The van der Waals surface area contributed by atoms with Crippen molar-refractivity contribution >= 4 is 39.5 Å². The number of aromatic nitrogens is 2. The zero-order valence-corrected chi connectivity index (χ0v) is 17.2. The number of hydrogen-bond donors (Lipinski definition) is 1. The van der Waals surface area contributed by atoms with E-state index in [-0.39, 0.29) is 0 Å². The summed E-state index contributed by atoms with van der Waals surface area (Å²) >= 11 is 1.36. The maximum atomic E-state index is 11.8. The minimum Gasteiger partial charge on any atom is -0.480 e. The average Bonchev–Trinajstić information content (AvgIpc) is 3.48. The van der Waals surface area contributed by atoms with E-state index >= 15 is 0 Å². The fourth-order valence-corrected chi connectivity index (χ4v) is 4.96. The maximum Gasteiger partial charge on any atom is 0.319 e. The Labute approximate surface area is 173 Å². The van der Waals surface area contributed by atoms with Crippen LogP contribution in [0.1, 0.15) is 38.2 Å². The standard InChI is InChI=1S/C24H22N2O2S/c1-24(2,23(27)28)29-22-14-19-21(8-5-13-25-19)26(22)20-12-11-16(15-9-10-15)17-6-3-4-7-18(17)20/h3-8,11-15H,9-10H2,1-2H3,(H,27,28). The van der Waals surface area contributed by atoms with E-state index < -0.39 is 10.7 Å². The van der Waals surface area contributed by atoms with Gasteiger partial charge in [-0.05, 0) is 67.8 Å². The number of thioether (sulfide) groups is 1. The second-order valence-electron chi connectivity index (χ2n) is 8.14. The summed E-state index contributed by atoms with van der Waals surface area (Å²) < 4.78 is 1.21. The lowest BCUT2D eigenvalue weighted by Crippen LogP contribution is -2.27. The average molecular weight is 403 g/mol. The van der Waals surface area contributed by atoms with E-state index in [1.807, 2.05) is 18.2 Å². The predicted molar refractivity (Wildman–Crippen MR) is 118 cm³/mol. The third-order valence-corrected chi connectivity index (χ3v) is 6.80. The fraction of sp³-hybridized carbons (Fsp3) is 0.250. The van der Waals surface area contributed by atoms with Gasteiger partial charge in [0.15, 0.2) is 0 Å². The van der Waals surface area contributed by atoms with Crippen molar-refractivity contribution in [3.63, 3.8) is 0 Å². The van der Waals surface area contributed by atoms with Crippen LogP contribution >= 0.6 is 11.8 Å². The molecule has 0 unspecified atom stereocenters. The lowest BCUT2D eigenvalue weighted by Gasteiger charge is -2.21. The number of benzene rings is 2. The molecule has 1 aliphatic rings. The molecule has 0 spiro atoms. The number of rotatable bonds is 5. The van der Waals surface area contributed by atoms with E-state index in [2.05, 4.69) is 45.9 Å². The van der Waals surface area contributed by atoms with Gasteiger partial charge >= 0.3 is 5.97 Å². The molecule has 0 atom stereocenters. The molecule has 0 aliphatic heterocycles. The molecule has 2 aromatic heterocycles. The van der Waals surface area contributed by atoms with Gasteiger partial charge in [0.1, 0.15) is 4.75 Å². The highest BCUT2D eigenvalue weighted by Gasteiger charge is 2.31. The summed E-state index contributed by atoms with van der Waals surface area (Å²) in [5.74, 6) is -0.169. The molecule has 4 aromatic rings. The van der Waals surface area contributed by atoms with Gasteiger partial charge in [0.25, 0.3) is 0 Å². The molecule has 1 fully saturated rings. The van der Waals surface area contributed by atoms with Crippen LogP contribution in [0.5, 0.6) is 0 Å². The molecule has 1 saturated carbocycles. The highest BCUT2D eigenvalue weighted by atomic mass is 32.2. The van der Waals surface area contributed by atoms with Gasteiger partial charge < -0.3 is 9.67 Å². The Hall–Kier alpha value is -2.79. The lowest BCUT2D eigenvalue weighted by atomic mass is 9.99. The highest BCUT2D eigenvalue weighted by Crippen LogP contribution is 2.45. The summed E-state index contributed by atoms with van der Waals surface area (Å²) in [4.78, 5) is 16.3. The Kier molecular flexibility index (Phi) is 4.17. The van der Waals surface area contributed by atoms with Crippen molar-refractivity contribution in [1.82, 2.24) is 9.55 Å². The van der Waals surface area contributed by atoms with Gasteiger partial charge in [-0.1, -0.05) is 42.1 Å². The third-order valence-electron chi connectivity index (χ3n) is 5.61. The largest absolute Gasteiger partial charge is 0.480 e. The number of fused-ring (bicyclic) bond motifs is 2. The number of nitrogens with zero attached hydrogens (tertiary/aromatic N) is 2. The molecule has 2 aromatic carbocycles. The van der Waals surface area contributed by atoms with Crippen LogP contribution in [0, 0.1) is 0 Å². The van der Waals surface area contributed by atoms with Gasteiger partial charge in [0.2, 0.25) is 0 Å². The van der Waals surface area contributed by atoms with Crippen LogP contribution < -0.4 is 0 Å². The maximum absolute atomic E-state index is 11.8. The molecule has 5 heteroatoms. The zero-order chi connectivity index (χ0) is 20.2. The SMILES string of the molecule is CC(C)(Sc1cc2ncccc2n1-c1ccc(C2CC2)c2ccccc12)C(=O)O. The van der Waals surface area contributed by atoms with Crippen LogP contribution in [-0.2, 0) is 4.79 Å². The number of pyridine rings is 1. The molecule has 4 nitrogen and oxygen atoms in total. The molecular formula is C24H22N2O2S. The van der Waals surface area contributed by atoms with Crippen LogP contribution in [0.25, 0.3) is 27.5 Å². The van der Waals surface area contributed by atoms with Gasteiger partial charge in [-0.25, -0.2) is 0 Å². The molecule has 0 bridgehead atoms. The van der Waals surface area contributed by atoms with E-state index in [1.165, 1.54) is 40.9 Å². The van der Waals surface area contributed by atoms with Crippen molar-refractivity contribution in [1.29, 1.82) is 0 Å². The van der Waals surface area contributed by atoms with Gasteiger partial charge in [0.05, 0.1) is 21.7 Å². The number of carboxylic acid groups (broad SMARTS) is 1. The Morgan fingerprint density at radius 1 is 1.10 bits per heavy atom. The molecular weight excluding hydrogens is 380 g/mol. The number of carboxylic acids is 1. The van der Waals surface area contributed by atoms with E-state index in [1.54, 1.807) is 20.0 Å². The predicted octanol–water partition coefficient (Wildman–Crippen LogP) is 6.01. The second kappa shape index (κ2) is 6.63. The van der Waals surface area contributed by atoms with Crippen molar-refractivity contribution in [2.75, 3.05) is 0 Å². The topological polar surface area (TPSA) is 55.1 Å². The summed E-state index contributed by atoms with van der Waals surface area (Å²) in [5.41, 5.74) is 4.34. The van der Waals surface area contributed by atoms with Gasteiger partial charge in [-0.2, -0.15) is 0 Å². The third kappa shape index (κ3) is 3.10. The van der Waals surface area contributed by atoms with Crippen LogP contribution in [0.3, 0.4) is 0 Å². The van der Waals surface area contributed by atoms with Gasteiger partial charge in [-0.15, -0.1) is 0 Å². The van der Waals surface area contributed by atoms with Crippen LogP contribution in [-0.4, -0.2) is 25.4 Å². The van der Waals surface area contributed by atoms with Crippen molar-refractivity contribution in [3.05, 3.63) is 66.4 Å². The normalized spacial score (nSPS) is 14.6. The van der Waals surface area contributed by atoms with E-state index in [4.69, 9.17) is 0 Å². The fourth-order valence-electron chi connectivity index (χ4n) is 3.89. The second-order valence-corrected chi connectivity index (χ2v) is 9.78. The van der Waals surface area contributed by atoms with Crippen LogP contribution in [0.4, 0.5) is 0 Å². The summed E-state index contributed by atoms with van der Waals surface area (Å²) in [7, 11) is 0. The monoisotopic (exact) mass is 402 g/mol. The molecule has 146 valence electrons. The molecule has 2 heterocycles. The molecule has 0 radical (unpaired) electrons. The van der Waals surface area contributed by atoms with Crippen molar-refractivity contribution in [2.45, 2.75) is 42.4 Å². The molecule has 1 N–H and O–H groups in total. The Morgan fingerprint density at radius 3 is 2.59 bits per heavy atom. The Morgan fingerprint density at radius 2 is 1.86 bits per heavy atom. The quantitative estimate of drug-likeness (QED) is 0.415. The number of hydrogen-bond acceptors (Lipinski definition) is 3. The lowest BCUT2D eigenvalue weighted by molar-refractivity contribution is -0.138. The molecule has 29 heavy (non-hydrogen) atoms. The van der Waals surface area contributed by atoms with E-state index in [9.17, 15) is 9.90 Å². The number of carbonyl (C=O) groups is 1. The van der Waals surface area contributed by atoms with E-state index in [0.29, 0.717) is 5.92 Å². The van der Waals surface area contributed by atoms with Crippen molar-refractivity contribution in [3.8, 4) is 5.69 Å². The summed E-state index contributed by atoms with van der Waals surface area (Å²) in [6.07, 6.45) is 4.29. The number of aliphatic carboxylic acids is 1. The molecule has 0 saturated heterocycles. The molecule has 0 amide bonds. The van der Waals surface area contributed by atoms with Crippen LogP contribution in [0.2, 0.25) is 0 Å². The first kappa shape index (κ1) is 18.3. The minimum atomic E-state index is -0.949. The smallest absolute Gasteiger partial charge is 0.319 e. The van der Waals surface area contributed by atoms with Crippen molar-refractivity contribution in [2.24, 2.45) is 0 Å². The minimum absolute atomic E-state index is 0.664. The van der Waals surface area contributed by atoms with Crippen molar-refractivity contribution < 1.29 is 9.90 Å². The highest BCUT2D eigenvalue weighted by molar-refractivity contribution is 8.01. The van der Waals surface area contributed by atoms with Gasteiger partial charge in [0, 0.05) is 11.6 Å². The summed E-state index contributed by atoms with van der Waals surface area (Å²) in [6, 6.07) is 18.9. The zero-order valence-electron chi connectivity index (χ0n) is 16.4.